The zero-order valence-electron chi connectivity index (χ0n) is 9.82. The zero-order chi connectivity index (χ0) is 12.1. The molecule has 4 rings (SSSR count). The number of rotatable bonds is 2. The Morgan fingerprint density at radius 1 is 1.39 bits per heavy atom. The highest BCUT2D eigenvalue weighted by Crippen LogP contribution is 2.31. The van der Waals surface area contributed by atoms with Gasteiger partial charge >= 0.3 is 0 Å². The Hall–Kier alpha value is -1.26. The second-order valence-electron chi connectivity index (χ2n) is 5.17. The topological polar surface area (TPSA) is 50.1 Å². The molecule has 0 spiro atoms. The number of nitrogens with zero attached hydrogens (tertiary/aromatic N) is 1. The highest BCUT2D eigenvalue weighted by molar-refractivity contribution is 6.31. The van der Waals surface area contributed by atoms with Crippen LogP contribution in [0.5, 0.6) is 0 Å². The lowest BCUT2D eigenvalue weighted by Gasteiger charge is -2.19. The molecular formula is C13H14ClN3O. The number of aromatic nitrogens is 1. The Morgan fingerprint density at radius 2 is 2.33 bits per heavy atom. The van der Waals surface area contributed by atoms with Gasteiger partial charge < -0.3 is 15.1 Å². The highest BCUT2D eigenvalue weighted by atomic mass is 35.5. The summed E-state index contributed by atoms with van der Waals surface area (Å²) in [5, 5.41) is 7.67. The number of hydrogen-bond acceptors (Lipinski definition) is 4. The number of halogens is 1. The minimum Gasteiger partial charge on any atom is -0.424 e. The average molecular weight is 264 g/mol. The molecule has 2 bridgehead atoms. The first-order valence-electron chi connectivity index (χ1n) is 6.36. The van der Waals surface area contributed by atoms with Crippen molar-refractivity contribution in [1.82, 2.24) is 10.3 Å². The molecule has 1 aromatic heterocycles. The largest absolute Gasteiger partial charge is 0.424 e. The molecule has 2 aliphatic rings. The molecular weight excluding hydrogens is 250 g/mol. The van der Waals surface area contributed by atoms with Crippen LogP contribution >= 0.6 is 11.6 Å². The molecule has 5 heteroatoms. The SMILES string of the molecule is Clc1ccc2oc(NC3CC4CCC3N4)nc2c1. The van der Waals surface area contributed by atoms with Crippen LogP contribution in [0.2, 0.25) is 5.02 Å². The molecule has 0 radical (unpaired) electrons. The number of oxazole rings is 1. The summed E-state index contributed by atoms with van der Waals surface area (Å²) in [5.74, 6) is 0. The second-order valence-corrected chi connectivity index (χ2v) is 5.60. The van der Waals surface area contributed by atoms with Crippen LogP contribution in [0.15, 0.2) is 22.6 Å². The molecule has 2 fully saturated rings. The first-order valence-corrected chi connectivity index (χ1v) is 6.74. The van der Waals surface area contributed by atoms with Crippen molar-refractivity contribution < 1.29 is 4.42 Å². The van der Waals surface area contributed by atoms with Gasteiger partial charge in [-0.3, -0.25) is 0 Å². The fourth-order valence-electron chi connectivity index (χ4n) is 3.10. The van der Waals surface area contributed by atoms with E-state index >= 15 is 0 Å². The molecule has 3 atom stereocenters. The van der Waals surface area contributed by atoms with Crippen molar-refractivity contribution in [2.75, 3.05) is 5.32 Å². The van der Waals surface area contributed by atoms with E-state index in [-0.39, 0.29) is 0 Å². The van der Waals surface area contributed by atoms with E-state index in [1.165, 1.54) is 12.8 Å². The highest BCUT2D eigenvalue weighted by Gasteiger charge is 2.39. The van der Waals surface area contributed by atoms with Crippen LogP contribution in [0.4, 0.5) is 6.01 Å². The molecule has 2 saturated heterocycles. The maximum Gasteiger partial charge on any atom is 0.295 e. The number of hydrogen-bond donors (Lipinski definition) is 2. The lowest BCUT2D eigenvalue weighted by molar-refractivity contribution is 0.506. The third-order valence-corrected chi connectivity index (χ3v) is 4.19. The van der Waals surface area contributed by atoms with Gasteiger partial charge in [-0.2, -0.15) is 4.98 Å². The van der Waals surface area contributed by atoms with Crippen LogP contribution in [0.3, 0.4) is 0 Å². The predicted octanol–water partition coefficient (Wildman–Crippen LogP) is 2.79. The Morgan fingerprint density at radius 3 is 3.11 bits per heavy atom. The molecule has 94 valence electrons. The number of benzene rings is 1. The van der Waals surface area contributed by atoms with Gasteiger partial charge in [0.1, 0.15) is 5.52 Å². The molecule has 0 amide bonds. The van der Waals surface area contributed by atoms with Crippen molar-refractivity contribution in [2.45, 2.75) is 37.4 Å². The molecule has 18 heavy (non-hydrogen) atoms. The molecule has 4 nitrogen and oxygen atoms in total. The van der Waals surface area contributed by atoms with E-state index in [9.17, 15) is 0 Å². The lowest BCUT2D eigenvalue weighted by atomic mass is 9.96. The normalized spacial score (nSPS) is 30.2. The van der Waals surface area contributed by atoms with E-state index in [1.54, 1.807) is 0 Å². The summed E-state index contributed by atoms with van der Waals surface area (Å²) < 4.78 is 5.68. The fraction of sp³-hybridized carbons (Fsp3) is 0.462. The van der Waals surface area contributed by atoms with Gasteiger partial charge in [-0.05, 0) is 37.5 Å². The maximum atomic E-state index is 5.94. The first kappa shape index (κ1) is 10.6. The van der Waals surface area contributed by atoms with Crippen LogP contribution in [0.25, 0.3) is 11.1 Å². The molecule has 0 aliphatic carbocycles. The zero-order valence-corrected chi connectivity index (χ0v) is 10.6. The van der Waals surface area contributed by atoms with Gasteiger partial charge in [0, 0.05) is 23.1 Å². The summed E-state index contributed by atoms with van der Waals surface area (Å²) in [7, 11) is 0. The van der Waals surface area contributed by atoms with Crippen molar-refractivity contribution in [3.05, 3.63) is 23.2 Å². The molecule has 2 N–H and O–H groups in total. The third kappa shape index (κ3) is 1.68. The van der Waals surface area contributed by atoms with E-state index in [0.717, 1.165) is 17.5 Å². The van der Waals surface area contributed by atoms with Crippen molar-refractivity contribution >= 4 is 28.7 Å². The predicted molar refractivity (Wildman–Crippen MR) is 71.0 cm³/mol. The summed E-state index contributed by atoms with van der Waals surface area (Å²) >= 11 is 5.94. The molecule has 0 saturated carbocycles. The summed E-state index contributed by atoms with van der Waals surface area (Å²) in [6.45, 7) is 0. The van der Waals surface area contributed by atoms with Gasteiger partial charge in [-0.15, -0.1) is 0 Å². The second kappa shape index (κ2) is 3.87. The minimum atomic E-state index is 0.437. The van der Waals surface area contributed by atoms with Crippen LogP contribution in [0.1, 0.15) is 19.3 Å². The Labute approximate surface area is 110 Å². The number of anilines is 1. The standard InChI is InChI=1S/C13H14ClN3O/c14-7-1-4-12-11(5-7)17-13(18-12)16-10-6-8-2-3-9(10)15-8/h1,4-5,8-10,15H,2-3,6H2,(H,16,17). The van der Waals surface area contributed by atoms with Gasteiger partial charge in [0.15, 0.2) is 5.58 Å². The first-order chi connectivity index (χ1) is 8.78. The van der Waals surface area contributed by atoms with E-state index in [1.807, 2.05) is 18.2 Å². The monoisotopic (exact) mass is 263 g/mol. The Bertz CT molecular complexity index is 597. The van der Waals surface area contributed by atoms with Gasteiger partial charge in [0.25, 0.3) is 6.01 Å². The molecule has 1 aromatic carbocycles. The van der Waals surface area contributed by atoms with Gasteiger partial charge in [0.05, 0.1) is 0 Å². The molecule has 3 unspecified atom stereocenters. The summed E-state index contributed by atoms with van der Waals surface area (Å²) in [6, 6.07) is 7.77. The Balaban J connectivity index is 1.59. The molecule has 3 heterocycles. The van der Waals surface area contributed by atoms with Crippen LogP contribution in [0, 0.1) is 0 Å². The lowest BCUT2D eigenvalue weighted by Crippen LogP contribution is -2.33. The number of nitrogens with one attached hydrogen (secondary N) is 2. The van der Waals surface area contributed by atoms with Crippen molar-refractivity contribution in [2.24, 2.45) is 0 Å². The van der Waals surface area contributed by atoms with E-state index in [4.69, 9.17) is 16.0 Å². The molecule has 2 aliphatic heterocycles. The van der Waals surface area contributed by atoms with E-state index in [0.29, 0.717) is 29.2 Å². The summed E-state index contributed by atoms with van der Waals surface area (Å²) in [5.41, 5.74) is 1.58. The van der Waals surface area contributed by atoms with Crippen molar-refractivity contribution in [3.63, 3.8) is 0 Å². The van der Waals surface area contributed by atoms with Crippen LogP contribution < -0.4 is 10.6 Å². The number of fused-ring (bicyclic) bond motifs is 3. The van der Waals surface area contributed by atoms with E-state index < -0.39 is 0 Å². The smallest absolute Gasteiger partial charge is 0.295 e. The van der Waals surface area contributed by atoms with Crippen molar-refractivity contribution in [1.29, 1.82) is 0 Å². The summed E-state index contributed by atoms with van der Waals surface area (Å²) in [6.07, 6.45) is 3.70. The quantitative estimate of drug-likeness (QED) is 0.875. The van der Waals surface area contributed by atoms with Gasteiger partial charge in [-0.1, -0.05) is 11.6 Å². The maximum absolute atomic E-state index is 5.94. The minimum absolute atomic E-state index is 0.437. The summed E-state index contributed by atoms with van der Waals surface area (Å²) in [4.78, 5) is 4.43. The fourth-order valence-corrected chi connectivity index (χ4v) is 3.27. The molecule has 2 aromatic rings. The van der Waals surface area contributed by atoms with Crippen molar-refractivity contribution in [3.8, 4) is 0 Å². The van der Waals surface area contributed by atoms with Crippen LogP contribution in [-0.4, -0.2) is 23.1 Å². The average Bonchev–Trinajstić information content (AvgIpc) is 3.02. The van der Waals surface area contributed by atoms with Gasteiger partial charge in [-0.25, -0.2) is 0 Å². The van der Waals surface area contributed by atoms with E-state index in [2.05, 4.69) is 15.6 Å². The van der Waals surface area contributed by atoms with Crippen LogP contribution in [-0.2, 0) is 0 Å². The Kier molecular flexibility index (Phi) is 2.29. The third-order valence-electron chi connectivity index (χ3n) is 3.96. The van der Waals surface area contributed by atoms with Gasteiger partial charge in [0.2, 0.25) is 0 Å².